The van der Waals surface area contributed by atoms with Gasteiger partial charge in [0.05, 0.1) is 34.5 Å². The van der Waals surface area contributed by atoms with E-state index in [4.69, 9.17) is 9.84 Å². The monoisotopic (exact) mass is 507 g/mol. The molecule has 0 spiro atoms. The quantitative estimate of drug-likeness (QED) is 0.306. The molecule has 3 aromatic heterocycles. The lowest BCUT2D eigenvalue weighted by atomic mass is 10.0. The van der Waals surface area contributed by atoms with Gasteiger partial charge in [-0.25, -0.2) is 19.6 Å². The van der Waals surface area contributed by atoms with Crippen LogP contribution in [0.5, 0.6) is 11.5 Å². The van der Waals surface area contributed by atoms with Gasteiger partial charge >= 0.3 is 0 Å². The average Bonchev–Trinajstić information content (AvgIpc) is 3.51. The van der Waals surface area contributed by atoms with Crippen molar-refractivity contribution in [1.82, 2.24) is 34.2 Å². The predicted octanol–water partition coefficient (Wildman–Crippen LogP) is 5.14. The molecule has 0 N–H and O–H groups in total. The number of rotatable bonds is 5. The summed E-state index contributed by atoms with van der Waals surface area (Å²) >= 11 is 0. The van der Waals surface area contributed by atoms with Crippen molar-refractivity contribution >= 4 is 28.0 Å². The van der Waals surface area contributed by atoms with Crippen molar-refractivity contribution in [2.24, 2.45) is 7.05 Å². The number of imidazole rings is 1. The van der Waals surface area contributed by atoms with E-state index in [2.05, 4.69) is 27.6 Å². The first-order chi connectivity index (χ1) is 18.4. The van der Waals surface area contributed by atoms with Gasteiger partial charge < -0.3 is 14.2 Å². The van der Waals surface area contributed by atoms with Gasteiger partial charge in [-0.05, 0) is 68.7 Å². The molecule has 2 aromatic carbocycles. The maximum Gasteiger partial charge on any atom is 0.246 e. The lowest BCUT2D eigenvalue weighted by Crippen LogP contribution is -2.40. The number of hydrogen-bond donors (Lipinski definition) is 0. The number of piperidine rings is 1. The van der Waals surface area contributed by atoms with Crippen LogP contribution in [0.3, 0.4) is 0 Å². The van der Waals surface area contributed by atoms with E-state index >= 15 is 0 Å². The summed E-state index contributed by atoms with van der Waals surface area (Å²) in [6.07, 6.45) is 6.58. The molecule has 0 bridgehead atoms. The fraction of sp³-hybridized carbons (Fsp3) is 0.276. The first kappa shape index (κ1) is 23.8. The van der Waals surface area contributed by atoms with Crippen LogP contribution in [0.4, 0.5) is 0 Å². The van der Waals surface area contributed by atoms with Gasteiger partial charge in [0.1, 0.15) is 23.5 Å². The highest BCUT2D eigenvalue weighted by Crippen LogP contribution is 2.35. The van der Waals surface area contributed by atoms with Gasteiger partial charge in [0.25, 0.3) is 0 Å². The van der Waals surface area contributed by atoms with Crippen molar-refractivity contribution < 1.29 is 9.53 Å². The minimum atomic E-state index is -0.0504. The van der Waals surface area contributed by atoms with Crippen LogP contribution in [0.25, 0.3) is 33.3 Å². The zero-order valence-electron chi connectivity index (χ0n) is 21.8. The molecule has 1 amide bonds. The fourth-order valence-corrected chi connectivity index (χ4v) is 5.27. The molecule has 1 saturated heterocycles. The van der Waals surface area contributed by atoms with Crippen LogP contribution < -0.4 is 4.74 Å². The minimum Gasteiger partial charge on any atom is -0.457 e. The van der Waals surface area contributed by atoms with E-state index in [0.29, 0.717) is 6.54 Å². The second kappa shape index (κ2) is 9.41. The van der Waals surface area contributed by atoms with Crippen molar-refractivity contribution in [3.63, 3.8) is 0 Å². The molecule has 0 radical (unpaired) electrons. The number of aryl methyl sites for hydroxylation is 3. The van der Waals surface area contributed by atoms with Crippen molar-refractivity contribution in [3.8, 4) is 22.8 Å². The van der Waals surface area contributed by atoms with Crippen molar-refractivity contribution in [2.45, 2.75) is 32.7 Å². The maximum atomic E-state index is 12.3. The molecule has 1 fully saturated rings. The lowest BCUT2D eigenvalue weighted by molar-refractivity contribution is -0.127. The van der Waals surface area contributed by atoms with Crippen LogP contribution in [0.1, 0.15) is 30.1 Å². The van der Waals surface area contributed by atoms with Crippen LogP contribution in [0.15, 0.2) is 61.7 Å². The number of nitrogens with zero attached hydrogens (tertiary/aromatic N) is 7. The summed E-state index contributed by atoms with van der Waals surface area (Å²) in [6.45, 7) is 8.96. The molecule has 9 heteroatoms. The highest BCUT2D eigenvalue weighted by atomic mass is 16.5. The summed E-state index contributed by atoms with van der Waals surface area (Å²) in [5, 5.41) is 5.98. The van der Waals surface area contributed by atoms with E-state index in [-0.39, 0.29) is 11.9 Å². The number of benzene rings is 2. The van der Waals surface area contributed by atoms with E-state index in [9.17, 15) is 4.79 Å². The van der Waals surface area contributed by atoms with Crippen molar-refractivity contribution in [3.05, 3.63) is 73.0 Å². The van der Waals surface area contributed by atoms with Crippen LogP contribution in [0.2, 0.25) is 0 Å². The highest BCUT2D eigenvalue weighted by Gasteiger charge is 2.28. The molecule has 1 aliphatic heterocycles. The first-order valence-corrected chi connectivity index (χ1v) is 12.7. The summed E-state index contributed by atoms with van der Waals surface area (Å²) in [7, 11) is 1.97. The molecule has 192 valence electrons. The zero-order chi connectivity index (χ0) is 26.4. The third-order valence-corrected chi connectivity index (χ3v) is 7.28. The summed E-state index contributed by atoms with van der Waals surface area (Å²) < 4.78 is 10.2. The standard InChI is InChI=1S/C29H29N7O2/c1-5-26(37)35-12-6-7-21(15-35)36-29-27(19(3)30-16-31-29)28(33-36)20-8-11-25(18(2)13-20)38-22-9-10-24-23(14-22)32-17-34(24)4/h5,8-11,13-14,16-17,21H,1,6-7,12,15H2,2-4H3/t21-/m0/s1. The van der Waals surface area contributed by atoms with E-state index in [1.54, 1.807) is 12.7 Å². The van der Waals surface area contributed by atoms with E-state index in [1.165, 1.54) is 6.08 Å². The van der Waals surface area contributed by atoms with Gasteiger partial charge in [0.2, 0.25) is 5.91 Å². The van der Waals surface area contributed by atoms with Crippen LogP contribution in [-0.4, -0.2) is 53.2 Å². The predicted molar refractivity (Wildman–Crippen MR) is 146 cm³/mol. The van der Waals surface area contributed by atoms with Gasteiger partial charge in [-0.2, -0.15) is 5.10 Å². The number of likely N-dealkylation sites (tertiary alicyclic amines) is 1. The number of hydrogen-bond acceptors (Lipinski definition) is 6. The van der Waals surface area contributed by atoms with E-state index in [1.807, 2.05) is 65.4 Å². The average molecular weight is 508 g/mol. The minimum absolute atomic E-state index is 0.0309. The highest BCUT2D eigenvalue weighted by molar-refractivity contribution is 5.93. The summed E-state index contributed by atoms with van der Waals surface area (Å²) in [5.41, 5.74) is 6.38. The normalized spacial score (nSPS) is 15.8. The van der Waals surface area contributed by atoms with Crippen molar-refractivity contribution in [2.75, 3.05) is 13.1 Å². The van der Waals surface area contributed by atoms with Gasteiger partial charge in [-0.1, -0.05) is 6.58 Å². The molecule has 0 unspecified atom stereocenters. The van der Waals surface area contributed by atoms with E-state index < -0.39 is 0 Å². The number of carbonyl (C=O) groups is 1. The molecule has 38 heavy (non-hydrogen) atoms. The summed E-state index contributed by atoms with van der Waals surface area (Å²) in [6, 6.07) is 12.0. The number of fused-ring (bicyclic) bond motifs is 2. The largest absolute Gasteiger partial charge is 0.457 e. The van der Waals surface area contributed by atoms with Gasteiger partial charge in [-0.15, -0.1) is 0 Å². The zero-order valence-corrected chi connectivity index (χ0v) is 21.8. The smallest absolute Gasteiger partial charge is 0.246 e. The first-order valence-electron chi connectivity index (χ1n) is 12.7. The SMILES string of the molecule is C=CC(=O)N1CCC[C@H](n2nc(-c3ccc(Oc4ccc5c(c4)ncn5C)c(C)c3)c3c(C)ncnc32)C1. The molecule has 6 rings (SSSR count). The third kappa shape index (κ3) is 4.09. The molecule has 1 atom stereocenters. The lowest BCUT2D eigenvalue weighted by Gasteiger charge is -2.32. The molecule has 9 nitrogen and oxygen atoms in total. The van der Waals surface area contributed by atoms with Crippen LogP contribution in [0, 0.1) is 13.8 Å². The Labute approximate surface area is 220 Å². The number of amides is 1. The molecule has 0 saturated carbocycles. The third-order valence-electron chi connectivity index (χ3n) is 7.28. The second-order valence-corrected chi connectivity index (χ2v) is 9.82. The van der Waals surface area contributed by atoms with Gasteiger partial charge in [0, 0.05) is 31.8 Å². The Morgan fingerprint density at radius 3 is 2.82 bits per heavy atom. The Bertz CT molecular complexity index is 1700. The molecule has 1 aliphatic rings. The Morgan fingerprint density at radius 1 is 1.13 bits per heavy atom. The van der Waals surface area contributed by atoms with Crippen LogP contribution >= 0.6 is 0 Å². The topological polar surface area (TPSA) is 91.0 Å². The Balaban J connectivity index is 1.35. The molecule has 0 aliphatic carbocycles. The Hall–Kier alpha value is -4.53. The second-order valence-electron chi connectivity index (χ2n) is 9.82. The molecular weight excluding hydrogens is 478 g/mol. The van der Waals surface area contributed by atoms with E-state index in [0.717, 1.165) is 75.5 Å². The summed E-state index contributed by atoms with van der Waals surface area (Å²) in [4.78, 5) is 27.6. The molecule has 4 heterocycles. The van der Waals surface area contributed by atoms with Crippen molar-refractivity contribution in [1.29, 1.82) is 0 Å². The van der Waals surface area contributed by atoms with Gasteiger partial charge in [-0.3, -0.25) is 4.79 Å². The maximum absolute atomic E-state index is 12.3. The summed E-state index contributed by atoms with van der Waals surface area (Å²) in [5.74, 6) is 1.46. The number of aromatic nitrogens is 6. The Kier molecular flexibility index (Phi) is 5.90. The Morgan fingerprint density at radius 2 is 2.00 bits per heavy atom. The van der Waals surface area contributed by atoms with Crippen LogP contribution in [-0.2, 0) is 11.8 Å². The van der Waals surface area contributed by atoms with Gasteiger partial charge in [0.15, 0.2) is 5.65 Å². The fourth-order valence-electron chi connectivity index (χ4n) is 5.27. The molecular formula is C29H29N7O2. The molecule has 5 aromatic rings. The number of ether oxygens (including phenoxy) is 1. The number of carbonyl (C=O) groups excluding carboxylic acids is 1.